The molecule has 0 unspecified atom stereocenters. The molecule has 0 atom stereocenters. The van der Waals surface area contributed by atoms with E-state index in [1.54, 1.807) is 29.9 Å². The van der Waals surface area contributed by atoms with E-state index < -0.39 is 10.9 Å². The fourth-order valence-electron chi connectivity index (χ4n) is 1.79. The van der Waals surface area contributed by atoms with Crippen LogP contribution in [0.15, 0.2) is 36.0 Å². The number of allylic oxidation sites excluding steroid dienone is 1. The standard InChI is InChI=1S/C13H13N3O4/c1-9(13(17)20-2)5-6-15-12-7-11(16(18)19)4-3-10(12)8-14-15/h3-5,7-8H,6H2,1-2H3. The molecule has 2 rings (SSSR count). The molecule has 0 saturated heterocycles. The first-order valence-electron chi connectivity index (χ1n) is 5.88. The number of ether oxygens (including phenoxy) is 1. The number of carbonyl (C=O) groups excluding carboxylic acids is 1. The summed E-state index contributed by atoms with van der Waals surface area (Å²) in [5.41, 5.74) is 1.11. The Morgan fingerprint density at radius 3 is 2.95 bits per heavy atom. The highest BCUT2D eigenvalue weighted by molar-refractivity contribution is 5.87. The molecule has 104 valence electrons. The molecule has 0 aliphatic rings. The van der Waals surface area contributed by atoms with Crippen molar-refractivity contribution in [2.75, 3.05) is 7.11 Å². The molecule has 0 radical (unpaired) electrons. The molecule has 0 saturated carbocycles. The first kappa shape index (κ1) is 13.7. The van der Waals surface area contributed by atoms with Gasteiger partial charge in [0.25, 0.3) is 5.69 Å². The largest absolute Gasteiger partial charge is 0.466 e. The highest BCUT2D eigenvalue weighted by Crippen LogP contribution is 2.20. The van der Waals surface area contributed by atoms with Gasteiger partial charge in [-0.3, -0.25) is 14.8 Å². The quantitative estimate of drug-likeness (QED) is 0.369. The Morgan fingerprint density at radius 2 is 2.30 bits per heavy atom. The van der Waals surface area contributed by atoms with Crippen LogP contribution in [0.25, 0.3) is 10.9 Å². The number of nitro groups is 1. The van der Waals surface area contributed by atoms with Gasteiger partial charge in [-0.1, -0.05) is 6.08 Å². The third kappa shape index (κ3) is 2.66. The van der Waals surface area contributed by atoms with Crippen molar-refractivity contribution in [2.24, 2.45) is 0 Å². The Morgan fingerprint density at radius 1 is 1.55 bits per heavy atom. The number of fused-ring (bicyclic) bond motifs is 1. The highest BCUT2D eigenvalue weighted by Gasteiger charge is 2.10. The summed E-state index contributed by atoms with van der Waals surface area (Å²) in [7, 11) is 1.31. The first-order chi connectivity index (χ1) is 9.52. The zero-order valence-electron chi connectivity index (χ0n) is 11.1. The van der Waals surface area contributed by atoms with Gasteiger partial charge in [0, 0.05) is 23.1 Å². The predicted molar refractivity (Wildman–Crippen MR) is 72.2 cm³/mol. The smallest absolute Gasteiger partial charge is 0.333 e. The Hall–Kier alpha value is -2.70. The van der Waals surface area contributed by atoms with Crippen LogP contribution in [0.1, 0.15) is 6.92 Å². The van der Waals surface area contributed by atoms with Gasteiger partial charge in [-0.2, -0.15) is 5.10 Å². The van der Waals surface area contributed by atoms with Crippen LogP contribution in [-0.4, -0.2) is 27.8 Å². The van der Waals surface area contributed by atoms with E-state index in [1.165, 1.54) is 19.2 Å². The molecule has 1 aromatic heterocycles. The van der Waals surface area contributed by atoms with E-state index in [2.05, 4.69) is 9.84 Å². The first-order valence-corrected chi connectivity index (χ1v) is 5.88. The summed E-state index contributed by atoms with van der Waals surface area (Å²) in [4.78, 5) is 21.6. The number of aromatic nitrogens is 2. The lowest BCUT2D eigenvalue weighted by Crippen LogP contribution is -2.04. The van der Waals surface area contributed by atoms with Crippen LogP contribution in [0.5, 0.6) is 0 Å². The van der Waals surface area contributed by atoms with Gasteiger partial charge in [0.05, 0.1) is 30.3 Å². The van der Waals surface area contributed by atoms with Gasteiger partial charge in [-0.15, -0.1) is 0 Å². The number of carbonyl (C=O) groups is 1. The fourth-order valence-corrected chi connectivity index (χ4v) is 1.79. The molecule has 1 heterocycles. The number of nitrogens with zero attached hydrogens (tertiary/aromatic N) is 3. The maximum atomic E-state index is 11.3. The number of benzene rings is 1. The van der Waals surface area contributed by atoms with Gasteiger partial charge in [0.1, 0.15) is 0 Å². The number of non-ortho nitro benzene ring substituents is 1. The maximum absolute atomic E-state index is 11.3. The summed E-state index contributed by atoms with van der Waals surface area (Å²) >= 11 is 0. The van der Waals surface area contributed by atoms with Crippen LogP contribution < -0.4 is 0 Å². The Bertz CT molecular complexity index is 703. The van der Waals surface area contributed by atoms with Crippen LogP contribution in [0.4, 0.5) is 5.69 Å². The zero-order chi connectivity index (χ0) is 14.7. The molecule has 0 N–H and O–H groups in total. The van der Waals surface area contributed by atoms with E-state index in [9.17, 15) is 14.9 Å². The van der Waals surface area contributed by atoms with Crippen LogP contribution >= 0.6 is 0 Å². The zero-order valence-corrected chi connectivity index (χ0v) is 11.1. The van der Waals surface area contributed by atoms with Gasteiger partial charge >= 0.3 is 5.97 Å². The minimum absolute atomic E-state index is 0.00733. The Kier molecular flexibility index (Phi) is 3.79. The molecule has 0 aliphatic heterocycles. The molecule has 2 aromatic rings. The third-order valence-corrected chi connectivity index (χ3v) is 2.92. The molecule has 7 nitrogen and oxygen atoms in total. The lowest BCUT2D eigenvalue weighted by Gasteiger charge is -2.01. The molecular formula is C13H13N3O4. The van der Waals surface area contributed by atoms with E-state index in [-0.39, 0.29) is 5.69 Å². The Labute approximate surface area is 114 Å². The van der Waals surface area contributed by atoms with Gasteiger partial charge in [0.2, 0.25) is 0 Å². The van der Waals surface area contributed by atoms with Crippen LogP contribution in [0.2, 0.25) is 0 Å². The van der Waals surface area contributed by atoms with Gasteiger partial charge in [0.15, 0.2) is 0 Å². The van der Waals surface area contributed by atoms with Gasteiger partial charge < -0.3 is 4.74 Å². The van der Waals surface area contributed by atoms with E-state index >= 15 is 0 Å². The maximum Gasteiger partial charge on any atom is 0.333 e. The summed E-state index contributed by atoms with van der Waals surface area (Å²) < 4.78 is 6.19. The van der Waals surface area contributed by atoms with Crippen molar-refractivity contribution in [3.63, 3.8) is 0 Å². The predicted octanol–water partition coefficient (Wildman–Crippen LogP) is 2.06. The summed E-state index contributed by atoms with van der Waals surface area (Å²) in [5, 5.41) is 15.7. The third-order valence-electron chi connectivity index (χ3n) is 2.92. The number of hydrogen-bond acceptors (Lipinski definition) is 5. The molecule has 0 aliphatic carbocycles. The summed E-state index contributed by atoms with van der Waals surface area (Å²) in [6, 6.07) is 4.54. The summed E-state index contributed by atoms with van der Waals surface area (Å²) in [5.74, 6) is -0.410. The average molecular weight is 275 g/mol. The van der Waals surface area contributed by atoms with Crippen molar-refractivity contribution in [1.29, 1.82) is 0 Å². The van der Waals surface area contributed by atoms with Crippen molar-refractivity contribution < 1.29 is 14.5 Å². The number of nitro benzene ring substituents is 1. The molecule has 0 fully saturated rings. The minimum Gasteiger partial charge on any atom is -0.466 e. The van der Waals surface area contributed by atoms with Gasteiger partial charge in [-0.05, 0) is 13.0 Å². The van der Waals surface area contributed by atoms with E-state index in [1.807, 2.05) is 0 Å². The van der Waals surface area contributed by atoms with Crippen molar-refractivity contribution in [3.05, 3.63) is 46.2 Å². The minimum atomic E-state index is -0.452. The average Bonchev–Trinajstić information content (AvgIpc) is 2.85. The second kappa shape index (κ2) is 5.52. The molecular weight excluding hydrogens is 262 g/mol. The van der Waals surface area contributed by atoms with E-state index in [0.717, 1.165) is 5.39 Å². The lowest BCUT2D eigenvalue weighted by molar-refractivity contribution is -0.384. The van der Waals surface area contributed by atoms with Crippen LogP contribution in [0.3, 0.4) is 0 Å². The monoisotopic (exact) mass is 275 g/mol. The number of esters is 1. The number of hydrogen-bond donors (Lipinski definition) is 0. The molecule has 0 bridgehead atoms. The van der Waals surface area contributed by atoms with Gasteiger partial charge in [-0.25, -0.2) is 4.79 Å². The summed E-state index contributed by atoms with van der Waals surface area (Å²) in [6.07, 6.45) is 3.29. The molecule has 0 spiro atoms. The normalized spacial score (nSPS) is 11.6. The second-order valence-electron chi connectivity index (χ2n) is 4.21. The Balaban J connectivity index is 2.33. The van der Waals surface area contributed by atoms with E-state index in [4.69, 9.17) is 0 Å². The van der Waals surface area contributed by atoms with Crippen LogP contribution in [0, 0.1) is 10.1 Å². The topological polar surface area (TPSA) is 87.3 Å². The van der Waals surface area contributed by atoms with Crippen molar-refractivity contribution >= 4 is 22.6 Å². The molecule has 7 heteroatoms. The molecule has 1 aromatic carbocycles. The fraction of sp³-hybridized carbons (Fsp3) is 0.231. The van der Waals surface area contributed by atoms with Crippen molar-refractivity contribution in [3.8, 4) is 0 Å². The van der Waals surface area contributed by atoms with E-state index in [0.29, 0.717) is 17.6 Å². The second-order valence-corrected chi connectivity index (χ2v) is 4.21. The lowest BCUT2D eigenvalue weighted by atomic mass is 10.2. The van der Waals surface area contributed by atoms with Crippen molar-refractivity contribution in [2.45, 2.75) is 13.5 Å². The van der Waals surface area contributed by atoms with Crippen molar-refractivity contribution in [1.82, 2.24) is 9.78 Å². The molecule has 0 amide bonds. The molecule has 20 heavy (non-hydrogen) atoms. The summed E-state index contributed by atoms with van der Waals surface area (Å²) in [6.45, 7) is 1.98. The van der Waals surface area contributed by atoms with Crippen LogP contribution in [-0.2, 0) is 16.1 Å². The number of methoxy groups -OCH3 is 1. The SMILES string of the molecule is COC(=O)C(C)=CCn1ncc2ccc([N+](=O)[O-])cc21. The number of rotatable bonds is 4. The highest BCUT2D eigenvalue weighted by atomic mass is 16.6.